The molecule has 1 unspecified atom stereocenters. The van der Waals surface area contributed by atoms with Crippen LogP contribution in [0.2, 0.25) is 0 Å². The lowest BCUT2D eigenvalue weighted by Crippen LogP contribution is -2.20. The zero-order valence-corrected chi connectivity index (χ0v) is 8.36. The van der Waals surface area contributed by atoms with E-state index >= 15 is 0 Å². The lowest BCUT2D eigenvalue weighted by molar-refractivity contribution is -0.147. The van der Waals surface area contributed by atoms with Crippen molar-refractivity contribution in [2.24, 2.45) is 0 Å². The van der Waals surface area contributed by atoms with Crippen LogP contribution in [0.15, 0.2) is 24.7 Å². The number of nitrogens with zero attached hydrogens (tertiary/aromatic N) is 3. The van der Waals surface area contributed by atoms with Crippen LogP contribution in [0.4, 0.5) is 13.2 Å². The van der Waals surface area contributed by atoms with Crippen molar-refractivity contribution in [2.45, 2.75) is 19.0 Å². The third-order valence-electron chi connectivity index (χ3n) is 2.28. The van der Waals surface area contributed by atoms with E-state index < -0.39 is 12.1 Å². The van der Waals surface area contributed by atoms with Crippen LogP contribution in [0.1, 0.15) is 18.7 Å². The zero-order chi connectivity index (χ0) is 11.8. The van der Waals surface area contributed by atoms with Crippen molar-refractivity contribution in [1.29, 1.82) is 0 Å². The van der Waals surface area contributed by atoms with E-state index in [4.69, 9.17) is 0 Å². The molecule has 0 N–H and O–H groups in total. The van der Waals surface area contributed by atoms with Crippen LogP contribution in [-0.4, -0.2) is 21.1 Å². The summed E-state index contributed by atoms with van der Waals surface area (Å²) in [4.78, 5) is 11.4. The first-order chi connectivity index (χ1) is 7.48. The summed E-state index contributed by atoms with van der Waals surface area (Å²) in [5.41, 5.74) is 0.420. The fourth-order valence-corrected chi connectivity index (χ4v) is 1.24. The predicted octanol–water partition coefficient (Wildman–Crippen LogP) is 2.69. The molecule has 0 aromatic carbocycles. The van der Waals surface area contributed by atoms with Crippen molar-refractivity contribution in [3.63, 3.8) is 0 Å². The summed E-state index contributed by atoms with van der Waals surface area (Å²) in [5.74, 6) is -1.90. The van der Waals surface area contributed by atoms with Crippen molar-refractivity contribution >= 4 is 10.9 Å². The van der Waals surface area contributed by atoms with Gasteiger partial charge in [-0.05, 0) is 13.0 Å². The topological polar surface area (TPSA) is 38.7 Å². The monoisotopic (exact) mass is 227 g/mol. The predicted molar refractivity (Wildman–Crippen MR) is 51.8 cm³/mol. The molecule has 16 heavy (non-hydrogen) atoms. The third kappa shape index (κ3) is 1.95. The summed E-state index contributed by atoms with van der Waals surface area (Å²) >= 11 is 0. The van der Waals surface area contributed by atoms with Gasteiger partial charge in [-0.1, -0.05) is 0 Å². The standard InChI is InChI=1S/C10H8F3N3/c1-6(10(11,12)13)9-15-4-7-2-3-14-5-8(7)16-9/h2-6H,1H3. The maximum atomic E-state index is 12.4. The smallest absolute Gasteiger partial charge is 0.262 e. The highest BCUT2D eigenvalue weighted by Gasteiger charge is 2.39. The van der Waals surface area contributed by atoms with Crippen LogP contribution in [0.25, 0.3) is 10.9 Å². The van der Waals surface area contributed by atoms with Gasteiger partial charge in [0.2, 0.25) is 0 Å². The summed E-state index contributed by atoms with van der Waals surface area (Å²) in [6.07, 6.45) is 0.0135. The van der Waals surface area contributed by atoms with E-state index in [9.17, 15) is 13.2 Å². The van der Waals surface area contributed by atoms with Crippen LogP contribution in [0, 0.1) is 0 Å². The van der Waals surface area contributed by atoms with Crippen molar-refractivity contribution in [3.8, 4) is 0 Å². The Hall–Kier alpha value is -1.72. The highest BCUT2D eigenvalue weighted by Crippen LogP contribution is 2.32. The molecule has 2 heterocycles. The fraction of sp³-hybridized carbons (Fsp3) is 0.300. The van der Waals surface area contributed by atoms with E-state index in [2.05, 4.69) is 15.0 Å². The minimum atomic E-state index is -4.32. The molecule has 84 valence electrons. The maximum Gasteiger partial charge on any atom is 0.398 e. The summed E-state index contributed by atoms with van der Waals surface area (Å²) < 4.78 is 37.3. The van der Waals surface area contributed by atoms with Gasteiger partial charge >= 0.3 is 6.18 Å². The number of halogens is 3. The van der Waals surface area contributed by atoms with Gasteiger partial charge in [0, 0.05) is 17.8 Å². The Labute approximate surface area is 89.4 Å². The summed E-state index contributed by atoms with van der Waals surface area (Å²) in [5, 5.41) is 0.674. The van der Waals surface area contributed by atoms with Gasteiger partial charge in [0.05, 0.1) is 11.7 Å². The minimum Gasteiger partial charge on any atom is -0.262 e. The molecular formula is C10H8F3N3. The van der Waals surface area contributed by atoms with Crippen molar-refractivity contribution in [2.75, 3.05) is 0 Å². The zero-order valence-electron chi connectivity index (χ0n) is 8.36. The lowest BCUT2D eigenvalue weighted by atomic mass is 10.1. The first kappa shape index (κ1) is 10.8. The molecular weight excluding hydrogens is 219 g/mol. The molecule has 6 heteroatoms. The number of hydrogen-bond acceptors (Lipinski definition) is 3. The van der Waals surface area contributed by atoms with Crippen molar-refractivity contribution < 1.29 is 13.2 Å². The quantitative estimate of drug-likeness (QED) is 0.751. The van der Waals surface area contributed by atoms with E-state index in [0.29, 0.717) is 10.9 Å². The van der Waals surface area contributed by atoms with Gasteiger partial charge in [-0.2, -0.15) is 13.2 Å². The molecule has 0 aliphatic carbocycles. The van der Waals surface area contributed by atoms with E-state index in [-0.39, 0.29) is 5.82 Å². The third-order valence-corrected chi connectivity index (χ3v) is 2.28. The average Bonchev–Trinajstić information content (AvgIpc) is 2.26. The SMILES string of the molecule is CC(c1ncc2ccncc2n1)C(F)(F)F. The van der Waals surface area contributed by atoms with Gasteiger partial charge in [0.15, 0.2) is 0 Å². The Kier molecular flexibility index (Phi) is 2.49. The van der Waals surface area contributed by atoms with Gasteiger partial charge in [-0.15, -0.1) is 0 Å². The van der Waals surface area contributed by atoms with Crippen LogP contribution < -0.4 is 0 Å². The highest BCUT2D eigenvalue weighted by molar-refractivity contribution is 5.76. The normalized spacial score (nSPS) is 14.0. The van der Waals surface area contributed by atoms with Crippen molar-refractivity contribution in [3.05, 3.63) is 30.5 Å². The van der Waals surface area contributed by atoms with Crippen LogP contribution in [0.3, 0.4) is 0 Å². The summed E-state index contributed by atoms with van der Waals surface area (Å²) in [6.45, 7) is 1.04. The Morgan fingerprint density at radius 3 is 2.69 bits per heavy atom. The van der Waals surface area contributed by atoms with E-state index in [1.165, 1.54) is 12.4 Å². The molecule has 3 nitrogen and oxygen atoms in total. The van der Waals surface area contributed by atoms with Crippen LogP contribution >= 0.6 is 0 Å². The highest BCUT2D eigenvalue weighted by atomic mass is 19.4. The van der Waals surface area contributed by atoms with Gasteiger partial charge in [-0.25, -0.2) is 9.97 Å². The number of fused-ring (bicyclic) bond motifs is 1. The molecule has 2 aromatic rings. The molecule has 0 bridgehead atoms. The molecule has 0 saturated heterocycles. The largest absolute Gasteiger partial charge is 0.398 e. The molecule has 0 saturated carbocycles. The van der Waals surface area contributed by atoms with E-state index in [0.717, 1.165) is 6.92 Å². The minimum absolute atomic E-state index is 0.229. The number of alkyl halides is 3. The van der Waals surface area contributed by atoms with Gasteiger partial charge in [0.25, 0.3) is 0 Å². The average molecular weight is 227 g/mol. The Morgan fingerprint density at radius 1 is 1.25 bits per heavy atom. The molecule has 2 rings (SSSR count). The Morgan fingerprint density at radius 2 is 2.00 bits per heavy atom. The maximum absolute atomic E-state index is 12.4. The van der Waals surface area contributed by atoms with Crippen molar-refractivity contribution in [1.82, 2.24) is 15.0 Å². The van der Waals surface area contributed by atoms with Crippen LogP contribution in [0.5, 0.6) is 0 Å². The second-order valence-corrected chi connectivity index (χ2v) is 3.43. The molecule has 0 spiro atoms. The second-order valence-electron chi connectivity index (χ2n) is 3.43. The molecule has 1 atom stereocenters. The van der Waals surface area contributed by atoms with Gasteiger partial charge in [-0.3, -0.25) is 4.98 Å². The lowest BCUT2D eigenvalue weighted by Gasteiger charge is -2.13. The summed E-state index contributed by atoms with van der Waals surface area (Å²) in [7, 11) is 0. The fourth-order valence-electron chi connectivity index (χ4n) is 1.24. The number of rotatable bonds is 1. The van der Waals surface area contributed by atoms with E-state index in [1.54, 1.807) is 12.3 Å². The van der Waals surface area contributed by atoms with E-state index in [1.807, 2.05) is 0 Å². The second kappa shape index (κ2) is 3.70. The molecule has 0 aliphatic rings. The van der Waals surface area contributed by atoms with Gasteiger partial charge < -0.3 is 0 Å². The number of aromatic nitrogens is 3. The van der Waals surface area contributed by atoms with Crippen LogP contribution in [-0.2, 0) is 0 Å². The molecule has 2 aromatic heterocycles. The number of pyridine rings is 1. The Bertz CT molecular complexity index is 510. The first-order valence-electron chi connectivity index (χ1n) is 4.62. The van der Waals surface area contributed by atoms with Gasteiger partial charge in [0.1, 0.15) is 11.7 Å². The summed E-state index contributed by atoms with van der Waals surface area (Å²) in [6, 6.07) is 1.65. The Balaban J connectivity index is 2.47. The molecule has 0 radical (unpaired) electrons. The molecule has 0 fully saturated rings. The molecule has 0 aliphatic heterocycles. The number of hydrogen-bond donors (Lipinski definition) is 0. The molecule has 0 amide bonds. The first-order valence-corrected chi connectivity index (χ1v) is 4.62.